The van der Waals surface area contributed by atoms with Gasteiger partial charge in [0.1, 0.15) is 5.41 Å². The lowest BCUT2D eigenvalue weighted by Crippen LogP contribution is -2.44. The molecule has 2 fully saturated rings. The molecule has 2 aliphatic rings. The Balaban J connectivity index is 1.42. The van der Waals surface area contributed by atoms with Crippen molar-refractivity contribution >= 4 is 40.9 Å². The molecule has 0 aromatic heterocycles. The van der Waals surface area contributed by atoms with Crippen LogP contribution < -0.4 is 15.5 Å². The Morgan fingerprint density at radius 3 is 2.42 bits per heavy atom. The van der Waals surface area contributed by atoms with Gasteiger partial charge in [-0.25, -0.2) is 4.79 Å². The van der Waals surface area contributed by atoms with Crippen LogP contribution in [-0.4, -0.2) is 30.8 Å². The second kappa shape index (κ2) is 12.6. The minimum absolute atomic E-state index is 0.129. The second-order valence-corrected chi connectivity index (χ2v) is 13.4. The fourth-order valence-electron chi connectivity index (χ4n) is 6.32. The Bertz CT molecular complexity index is 1510. The lowest BCUT2D eigenvalue weighted by Gasteiger charge is -2.37. The number of ether oxygens (including phenoxy) is 1. The topological polar surface area (TPSA) is 94.5 Å². The van der Waals surface area contributed by atoms with Crippen molar-refractivity contribution in [2.75, 3.05) is 11.4 Å². The highest BCUT2D eigenvalue weighted by molar-refractivity contribution is 6.30. The van der Waals surface area contributed by atoms with Crippen molar-refractivity contribution in [1.82, 2.24) is 10.6 Å². The van der Waals surface area contributed by atoms with E-state index in [9.17, 15) is 14.9 Å². The Labute approximate surface area is 263 Å². The number of rotatable bonds is 7. The third kappa shape index (κ3) is 6.67. The quantitative estimate of drug-likeness (QED) is 0.289. The maximum Gasteiger partial charge on any atom is 0.409 e. The van der Waals surface area contributed by atoms with Crippen LogP contribution in [0.2, 0.25) is 10.0 Å². The highest BCUT2D eigenvalue weighted by Gasteiger charge is 2.59. The lowest BCUT2D eigenvalue weighted by atomic mass is 9.64. The van der Waals surface area contributed by atoms with Crippen molar-refractivity contribution in [3.8, 4) is 6.07 Å². The summed E-state index contributed by atoms with van der Waals surface area (Å²) in [4.78, 5) is 27.1. The number of carbonyl (C=O) groups is 2. The van der Waals surface area contributed by atoms with Gasteiger partial charge < -0.3 is 15.0 Å². The first-order valence-corrected chi connectivity index (χ1v) is 15.3. The predicted molar refractivity (Wildman–Crippen MR) is 169 cm³/mol. The zero-order valence-corrected chi connectivity index (χ0v) is 26.1. The summed E-state index contributed by atoms with van der Waals surface area (Å²) >= 11 is 12.7. The molecule has 43 heavy (non-hydrogen) atoms. The molecule has 9 heteroatoms. The van der Waals surface area contributed by atoms with Crippen LogP contribution in [0.1, 0.15) is 62.6 Å². The fourth-order valence-corrected chi connectivity index (χ4v) is 6.64. The van der Waals surface area contributed by atoms with Gasteiger partial charge in [-0.2, -0.15) is 5.26 Å². The number of amides is 2. The molecule has 2 amide bonds. The largest absolute Gasteiger partial charge is 0.430 e. The van der Waals surface area contributed by atoms with Crippen molar-refractivity contribution in [3.63, 3.8) is 0 Å². The zero-order chi connectivity index (χ0) is 30.8. The summed E-state index contributed by atoms with van der Waals surface area (Å²) in [6.07, 6.45) is 0.657. The molecule has 2 N–H and O–H groups in total. The summed E-state index contributed by atoms with van der Waals surface area (Å²) in [7, 11) is 0. The fraction of sp³-hybridized carbons (Fsp3) is 0.382. The number of hydrogen-bond acceptors (Lipinski definition) is 5. The van der Waals surface area contributed by atoms with E-state index in [1.54, 1.807) is 23.1 Å². The molecule has 4 atom stereocenters. The third-order valence-corrected chi connectivity index (χ3v) is 8.72. The Morgan fingerprint density at radius 1 is 1.09 bits per heavy atom. The average molecular weight is 620 g/mol. The van der Waals surface area contributed by atoms with Crippen molar-refractivity contribution in [1.29, 1.82) is 5.26 Å². The number of nitriles is 1. The number of nitrogens with zero attached hydrogens (tertiary/aromatic N) is 2. The number of halogens is 2. The highest BCUT2D eigenvalue weighted by atomic mass is 35.5. The minimum atomic E-state index is -1.09. The van der Waals surface area contributed by atoms with E-state index >= 15 is 0 Å². The first kappa shape index (κ1) is 30.9. The summed E-state index contributed by atoms with van der Waals surface area (Å²) in [6, 6.07) is 24.6. The number of nitrogens with one attached hydrogen (secondary N) is 2. The van der Waals surface area contributed by atoms with Gasteiger partial charge in [0, 0.05) is 41.3 Å². The van der Waals surface area contributed by atoms with E-state index < -0.39 is 23.7 Å². The molecule has 0 radical (unpaired) electrons. The van der Waals surface area contributed by atoms with Crippen LogP contribution in [0.4, 0.5) is 10.5 Å². The van der Waals surface area contributed by atoms with Crippen LogP contribution in [-0.2, 0) is 21.5 Å². The standard InChI is InChI=1S/C34H36Cl2N4O3/c1-33(2,3)19-28-34(21-37,24-11-13-25(35)14-12-24)30(23-6-4-7-26(36)18-23)31(39-28)43-32(42)38-20-22-9-15-27(16-10-22)40-17-5-8-29(40)41/h4,6-7,9-16,18,28,30-31,39H,5,8,17,19-20H2,1-3H3,(H,38,42)/t28-,30-,31+,34-/m0/s1. The smallest absolute Gasteiger partial charge is 0.409 e. The number of alkyl carbamates (subject to hydrolysis) is 1. The monoisotopic (exact) mass is 618 g/mol. The zero-order valence-electron chi connectivity index (χ0n) is 24.6. The number of hydrogen-bond donors (Lipinski definition) is 2. The van der Waals surface area contributed by atoms with Gasteiger partial charge in [-0.1, -0.05) is 80.4 Å². The number of carbonyl (C=O) groups excluding carboxylic acids is 2. The molecule has 0 unspecified atom stereocenters. The van der Waals surface area contributed by atoms with Crippen molar-refractivity contribution < 1.29 is 14.3 Å². The number of anilines is 1. The number of benzene rings is 3. The molecule has 7 nitrogen and oxygen atoms in total. The Kier molecular flexibility index (Phi) is 9.03. The van der Waals surface area contributed by atoms with Gasteiger partial charge in [-0.15, -0.1) is 0 Å². The normalized spacial score (nSPS) is 23.7. The van der Waals surface area contributed by atoms with Crippen LogP contribution in [0.15, 0.2) is 72.8 Å². The first-order chi connectivity index (χ1) is 20.5. The molecule has 2 aliphatic heterocycles. The van der Waals surface area contributed by atoms with Crippen LogP contribution in [0, 0.1) is 16.7 Å². The van der Waals surface area contributed by atoms with E-state index in [1.165, 1.54) is 0 Å². The predicted octanol–water partition coefficient (Wildman–Crippen LogP) is 7.33. The summed E-state index contributed by atoms with van der Waals surface area (Å²) in [5.74, 6) is -0.433. The van der Waals surface area contributed by atoms with Crippen LogP contribution in [0.3, 0.4) is 0 Å². The van der Waals surface area contributed by atoms with E-state index in [0.717, 1.165) is 35.3 Å². The molecule has 0 spiro atoms. The third-order valence-electron chi connectivity index (χ3n) is 8.23. The van der Waals surface area contributed by atoms with Crippen LogP contribution in [0.5, 0.6) is 0 Å². The maximum absolute atomic E-state index is 13.3. The highest BCUT2D eigenvalue weighted by Crippen LogP contribution is 2.51. The van der Waals surface area contributed by atoms with Crippen molar-refractivity contribution in [2.45, 2.75) is 70.2 Å². The molecule has 224 valence electrons. The second-order valence-electron chi connectivity index (χ2n) is 12.5. The maximum atomic E-state index is 13.3. The van der Waals surface area contributed by atoms with Crippen molar-refractivity contribution in [3.05, 3.63) is 99.5 Å². The average Bonchev–Trinajstić information content (AvgIpc) is 3.52. The first-order valence-electron chi connectivity index (χ1n) is 14.5. The van der Waals surface area contributed by atoms with Gasteiger partial charge in [0.2, 0.25) is 5.91 Å². The van der Waals surface area contributed by atoms with E-state index in [1.807, 2.05) is 54.6 Å². The SMILES string of the molecule is CC(C)(C)C[C@@H]1N[C@H](OC(=O)NCc2ccc(N3CCCC3=O)cc2)[C@H](c2cccc(Cl)c2)[C@@]1(C#N)c1ccc(Cl)cc1. The molecule has 2 heterocycles. The Morgan fingerprint density at radius 2 is 1.81 bits per heavy atom. The van der Waals surface area contributed by atoms with Gasteiger partial charge in [-0.3, -0.25) is 10.1 Å². The molecule has 0 bridgehead atoms. The van der Waals surface area contributed by atoms with Gasteiger partial charge >= 0.3 is 6.09 Å². The molecule has 2 saturated heterocycles. The van der Waals surface area contributed by atoms with Gasteiger partial charge in [0.05, 0.1) is 12.0 Å². The van der Waals surface area contributed by atoms with E-state index in [4.69, 9.17) is 27.9 Å². The molecule has 0 saturated carbocycles. The summed E-state index contributed by atoms with van der Waals surface area (Å²) < 4.78 is 6.07. The van der Waals surface area contributed by atoms with Gasteiger partial charge in [0.15, 0.2) is 6.23 Å². The lowest BCUT2D eigenvalue weighted by molar-refractivity contribution is -0.117. The van der Waals surface area contributed by atoms with E-state index in [0.29, 0.717) is 22.9 Å². The summed E-state index contributed by atoms with van der Waals surface area (Å²) in [6.45, 7) is 7.34. The summed E-state index contributed by atoms with van der Waals surface area (Å²) in [5, 5.41) is 18.5. The van der Waals surface area contributed by atoms with Gasteiger partial charge in [0.25, 0.3) is 0 Å². The van der Waals surface area contributed by atoms with Crippen LogP contribution in [0.25, 0.3) is 0 Å². The Hall–Kier alpha value is -3.57. The molecule has 3 aromatic carbocycles. The molecular weight excluding hydrogens is 583 g/mol. The molecular formula is C34H36Cl2N4O3. The minimum Gasteiger partial charge on any atom is -0.430 e. The van der Waals surface area contributed by atoms with E-state index in [2.05, 4.69) is 37.5 Å². The summed E-state index contributed by atoms with van der Waals surface area (Å²) in [5.41, 5.74) is 2.08. The molecule has 3 aromatic rings. The van der Waals surface area contributed by atoms with Crippen molar-refractivity contribution in [2.24, 2.45) is 5.41 Å². The van der Waals surface area contributed by atoms with Gasteiger partial charge in [-0.05, 0) is 71.3 Å². The molecule has 0 aliphatic carbocycles. The molecule has 5 rings (SSSR count). The van der Waals surface area contributed by atoms with Crippen LogP contribution >= 0.6 is 23.2 Å². The van der Waals surface area contributed by atoms with E-state index in [-0.39, 0.29) is 23.9 Å².